The van der Waals surface area contributed by atoms with Crippen molar-refractivity contribution in [2.75, 3.05) is 16.3 Å². The number of rotatable bonds is 3. The highest BCUT2D eigenvalue weighted by atomic mass is 19.1. The highest BCUT2D eigenvalue weighted by Gasteiger charge is 2.45. The van der Waals surface area contributed by atoms with Gasteiger partial charge in [0.2, 0.25) is 0 Å². The predicted molar refractivity (Wildman–Crippen MR) is 110 cm³/mol. The number of anilines is 2. The second-order valence-electron chi connectivity index (χ2n) is 7.30. The summed E-state index contributed by atoms with van der Waals surface area (Å²) in [5, 5.41) is 0. The van der Waals surface area contributed by atoms with Crippen LogP contribution in [0.3, 0.4) is 0 Å². The Morgan fingerprint density at radius 3 is 2.23 bits per heavy atom. The van der Waals surface area contributed by atoms with Crippen molar-refractivity contribution < 1.29 is 22.8 Å². The van der Waals surface area contributed by atoms with Crippen LogP contribution in [0.5, 0.6) is 0 Å². The molecule has 0 saturated heterocycles. The quantitative estimate of drug-likeness (QED) is 0.588. The van der Waals surface area contributed by atoms with Crippen molar-refractivity contribution in [3.05, 3.63) is 101 Å². The van der Waals surface area contributed by atoms with E-state index in [1.165, 1.54) is 24.3 Å². The smallest absolute Gasteiger partial charge is 0.282 e. The van der Waals surface area contributed by atoms with Crippen LogP contribution in [0.4, 0.5) is 24.5 Å². The average molecular weight is 420 g/mol. The Balaban J connectivity index is 1.71. The minimum atomic E-state index is -0.898. The zero-order valence-corrected chi connectivity index (χ0v) is 16.1. The molecule has 0 unspecified atom stereocenters. The second kappa shape index (κ2) is 7.12. The van der Waals surface area contributed by atoms with Crippen molar-refractivity contribution in [2.24, 2.45) is 0 Å². The molecule has 2 aliphatic rings. The fraction of sp³-hybridized carbons (Fsp3) is 0.0833. The SMILES string of the molecule is O=C1C(c2ccc(F)cc2)=C(N2CCc3ccccc32)C(=O)N1c1cc(F)ccc1F. The number of amides is 2. The number of carbonyl (C=O) groups is 2. The summed E-state index contributed by atoms with van der Waals surface area (Å²) in [6.07, 6.45) is 0.659. The molecule has 2 heterocycles. The highest BCUT2D eigenvalue weighted by Crippen LogP contribution is 2.40. The summed E-state index contributed by atoms with van der Waals surface area (Å²) < 4.78 is 41.8. The van der Waals surface area contributed by atoms with Gasteiger partial charge in [-0.15, -0.1) is 0 Å². The second-order valence-corrected chi connectivity index (χ2v) is 7.30. The molecule has 31 heavy (non-hydrogen) atoms. The summed E-state index contributed by atoms with van der Waals surface area (Å²) in [5.74, 6) is -3.72. The molecular formula is C24H15F3N2O2. The summed E-state index contributed by atoms with van der Waals surface area (Å²) in [6.45, 7) is 0.442. The molecule has 0 fully saturated rings. The maximum atomic E-state index is 14.5. The van der Waals surface area contributed by atoms with Gasteiger partial charge in [-0.1, -0.05) is 30.3 Å². The van der Waals surface area contributed by atoms with Crippen LogP contribution < -0.4 is 9.80 Å². The average Bonchev–Trinajstić information content (AvgIpc) is 3.29. The Kier molecular flexibility index (Phi) is 4.39. The van der Waals surface area contributed by atoms with Gasteiger partial charge in [0.25, 0.3) is 11.8 Å². The molecule has 0 N–H and O–H groups in total. The molecule has 0 atom stereocenters. The summed E-state index contributed by atoms with van der Waals surface area (Å²) in [4.78, 5) is 29.2. The number of benzene rings is 3. The third kappa shape index (κ3) is 3.01. The van der Waals surface area contributed by atoms with E-state index >= 15 is 0 Å². The summed E-state index contributed by atoms with van der Waals surface area (Å²) >= 11 is 0. The monoisotopic (exact) mass is 420 g/mol. The predicted octanol–water partition coefficient (Wildman–Crippen LogP) is 4.45. The van der Waals surface area contributed by atoms with E-state index in [1.807, 2.05) is 24.3 Å². The van der Waals surface area contributed by atoms with Gasteiger partial charge < -0.3 is 4.90 Å². The van der Waals surface area contributed by atoms with E-state index in [4.69, 9.17) is 0 Å². The van der Waals surface area contributed by atoms with E-state index in [2.05, 4.69) is 0 Å². The molecule has 5 rings (SSSR count). The Hall–Kier alpha value is -3.87. The Morgan fingerprint density at radius 2 is 1.45 bits per heavy atom. The van der Waals surface area contributed by atoms with Gasteiger partial charge in [0.05, 0.1) is 11.3 Å². The number of para-hydroxylation sites is 1. The summed E-state index contributed by atoms with van der Waals surface area (Å²) in [6, 6.07) is 15.2. The minimum Gasteiger partial charge on any atom is -0.336 e. The third-order valence-corrected chi connectivity index (χ3v) is 5.50. The van der Waals surface area contributed by atoms with Crippen molar-refractivity contribution in [2.45, 2.75) is 6.42 Å². The molecule has 0 bridgehead atoms. The van der Waals surface area contributed by atoms with E-state index in [0.717, 1.165) is 29.4 Å². The molecule has 3 aromatic rings. The molecule has 0 aliphatic carbocycles. The van der Waals surface area contributed by atoms with Crippen molar-refractivity contribution in [3.63, 3.8) is 0 Å². The van der Waals surface area contributed by atoms with Gasteiger partial charge >= 0.3 is 0 Å². The Morgan fingerprint density at radius 1 is 0.742 bits per heavy atom. The molecule has 0 radical (unpaired) electrons. The number of imide groups is 1. The molecule has 154 valence electrons. The van der Waals surface area contributed by atoms with E-state index in [9.17, 15) is 22.8 Å². The van der Waals surface area contributed by atoms with Crippen molar-refractivity contribution in [1.82, 2.24) is 0 Å². The van der Waals surface area contributed by atoms with Gasteiger partial charge in [-0.05, 0) is 47.9 Å². The molecule has 0 saturated carbocycles. The van der Waals surface area contributed by atoms with Crippen molar-refractivity contribution in [3.8, 4) is 0 Å². The number of hydrogen-bond acceptors (Lipinski definition) is 3. The van der Waals surface area contributed by atoms with Gasteiger partial charge in [0.1, 0.15) is 23.1 Å². The zero-order chi connectivity index (χ0) is 21.7. The fourth-order valence-corrected chi connectivity index (χ4v) is 4.09. The summed E-state index contributed by atoms with van der Waals surface area (Å²) in [5.41, 5.74) is 1.70. The van der Waals surface area contributed by atoms with Crippen LogP contribution in [0, 0.1) is 17.5 Å². The fourth-order valence-electron chi connectivity index (χ4n) is 4.09. The number of hydrogen-bond donors (Lipinski definition) is 0. The standard InChI is InChI=1S/C24H15F3N2O2/c25-16-7-5-15(6-8-16)21-22(28-12-11-14-3-1-2-4-19(14)28)24(31)29(23(21)30)20-13-17(26)9-10-18(20)27/h1-10,13H,11-12H2. The van der Waals surface area contributed by atoms with Gasteiger partial charge in [0.15, 0.2) is 0 Å². The number of halogens is 3. The van der Waals surface area contributed by atoms with Gasteiger partial charge in [-0.25, -0.2) is 18.1 Å². The molecule has 2 amide bonds. The molecule has 7 heteroatoms. The lowest BCUT2D eigenvalue weighted by Crippen LogP contribution is -2.35. The van der Waals surface area contributed by atoms with Gasteiger partial charge in [0, 0.05) is 18.3 Å². The highest BCUT2D eigenvalue weighted by molar-refractivity contribution is 6.46. The van der Waals surface area contributed by atoms with E-state index in [0.29, 0.717) is 23.4 Å². The number of nitrogens with zero attached hydrogens (tertiary/aromatic N) is 2. The topological polar surface area (TPSA) is 40.6 Å². The van der Waals surface area contributed by atoms with Crippen LogP contribution in [0.25, 0.3) is 5.57 Å². The van der Waals surface area contributed by atoms with Crippen LogP contribution in [0.2, 0.25) is 0 Å². The van der Waals surface area contributed by atoms with Gasteiger partial charge in [-0.3, -0.25) is 9.59 Å². The number of carbonyl (C=O) groups excluding carboxylic acids is 2. The maximum absolute atomic E-state index is 14.5. The molecule has 3 aromatic carbocycles. The van der Waals surface area contributed by atoms with Crippen molar-refractivity contribution >= 4 is 28.8 Å². The first kappa shape index (κ1) is 19.1. The Labute approximate surface area is 175 Å². The van der Waals surface area contributed by atoms with Crippen LogP contribution in [-0.4, -0.2) is 18.4 Å². The maximum Gasteiger partial charge on any atom is 0.282 e. The van der Waals surface area contributed by atoms with Crippen LogP contribution >= 0.6 is 0 Å². The molecule has 2 aliphatic heterocycles. The largest absolute Gasteiger partial charge is 0.336 e. The van der Waals surface area contributed by atoms with Crippen molar-refractivity contribution in [1.29, 1.82) is 0 Å². The first-order valence-electron chi connectivity index (χ1n) is 9.65. The summed E-state index contributed by atoms with van der Waals surface area (Å²) in [7, 11) is 0. The zero-order valence-electron chi connectivity index (χ0n) is 16.1. The lowest BCUT2D eigenvalue weighted by Gasteiger charge is -2.22. The third-order valence-electron chi connectivity index (χ3n) is 5.50. The van der Waals surface area contributed by atoms with E-state index < -0.39 is 35.0 Å². The normalized spacial score (nSPS) is 15.8. The number of fused-ring (bicyclic) bond motifs is 1. The van der Waals surface area contributed by atoms with E-state index in [-0.39, 0.29) is 11.3 Å². The minimum absolute atomic E-state index is 0.0189. The Bertz CT molecular complexity index is 1270. The first-order chi connectivity index (χ1) is 15.0. The molecule has 0 spiro atoms. The van der Waals surface area contributed by atoms with Crippen LogP contribution in [0.15, 0.2) is 72.4 Å². The van der Waals surface area contributed by atoms with E-state index in [1.54, 1.807) is 4.90 Å². The van der Waals surface area contributed by atoms with Crippen LogP contribution in [0.1, 0.15) is 11.1 Å². The lowest BCUT2D eigenvalue weighted by atomic mass is 10.0. The first-order valence-corrected chi connectivity index (χ1v) is 9.65. The molecular weight excluding hydrogens is 405 g/mol. The lowest BCUT2D eigenvalue weighted by molar-refractivity contribution is -0.120. The molecule has 0 aromatic heterocycles. The molecule has 4 nitrogen and oxygen atoms in total. The van der Waals surface area contributed by atoms with Crippen LogP contribution in [-0.2, 0) is 16.0 Å². The van der Waals surface area contributed by atoms with Gasteiger partial charge in [-0.2, -0.15) is 0 Å².